The summed E-state index contributed by atoms with van der Waals surface area (Å²) in [5.74, 6) is -0.636. The molecule has 80 heavy (non-hydrogen) atoms. The minimum Gasteiger partial charge on any atom is -0.756 e. The predicted octanol–water partition coefficient (Wildman–Crippen LogP) is 20.1. The third-order valence-electron chi connectivity index (χ3n) is 14.3. The van der Waals surface area contributed by atoms with E-state index in [0.717, 1.165) is 77.0 Å². The van der Waals surface area contributed by atoms with E-state index in [1.807, 2.05) is 45.4 Å². The largest absolute Gasteiger partial charge is 0.756 e. The Bertz CT molecular complexity index is 1690. The highest BCUT2D eigenvalue weighted by molar-refractivity contribution is 7.45. The highest BCUT2D eigenvalue weighted by Gasteiger charge is 2.27. The van der Waals surface area contributed by atoms with Gasteiger partial charge in [0.1, 0.15) is 19.3 Å². The second kappa shape index (κ2) is 59.1. The topological polar surface area (TPSA) is 114 Å². The summed E-state index contributed by atoms with van der Waals surface area (Å²) >= 11 is 0. The molecule has 0 aliphatic carbocycles. The van der Waals surface area contributed by atoms with Crippen molar-refractivity contribution in [3.63, 3.8) is 0 Å². The van der Waals surface area contributed by atoms with Crippen LogP contribution in [0.5, 0.6) is 0 Å². The summed E-state index contributed by atoms with van der Waals surface area (Å²) in [5, 5.41) is 2.98. The van der Waals surface area contributed by atoms with Crippen LogP contribution in [-0.2, 0) is 27.9 Å². The number of unbranched alkanes of at least 4 members (excludes halogenated alkanes) is 29. The second-order valence-electron chi connectivity index (χ2n) is 23.2. The normalized spacial score (nSPS) is 14.2. The van der Waals surface area contributed by atoms with Gasteiger partial charge in [0.05, 0.1) is 33.8 Å². The maximum absolute atomic E-state index is 13.5. The number of allylic oxidation sites excluding steroid dienone is 15. The fraction of sp³-hybridized carbons (Fsp3) is 0.743. The minimum absolute atomic E-state index is 0.0385. The molecule has 0 aliphatic rings. The summed E-state index contributed by atoms with van der Waals surface area (Å²) in [7, 11) is 1.14. The van der Waals surface area contributed by atoms with E-state index >= 15 is 0 Å². The SMILES string of the molecule is CC/C=C/C/C=C/C/C=C/C/C=C/C/C=C/CCC(=O)NC(COP(=O)([O-])OCC[N+](C)(C)C)C(/C=C\CCCCCCCCCCC)OC(=O)CCCCCCCCCCCCCCCCCCC/C=C\C/C=C\CCCCC. The van der Waals surface area contributed by atoms with Crippen molar-refractivity contribution >= 4 is 19.7 Å². The molecule has 10 heteroatoms. The number of carbonyl (C=O) groups is 2. The van der Waals surface area contributed by atoms with Gasteiger partial charge < -0.3 is 28.5 Å². The highest BCUT2D eigenvalue weighted by atomic mass is 31.2. The lowest BCUT2D eigenvalue weighted by Gasteiger charge is -2.30. The molecule has 0 aromatic rings. The number of rotatable bonds is 59. The molecule has 462 valence electrons. The van der Waals surface area contributed by atoms with Gasteiger partial charge >= 0.3 is 5.97 Å². The predicted molar refractivity (Wildman–Crippen MR) is 344 cm³/mol. The number of quaternary nitrogens is 1. The summed E-state index contributed by atoms with van der Waals surface area (Å²) < 4.78 is 30.3. The zero-order valence-electron chi connectivity index (χ0n) is 52.8. The van der Waals surface area contributed by atoms with E-state index in [-0.39, 0.29) is 31.3 Å². The fourth-order valence-electron chi connectivity index (χ4n) is 9.19. The lowest BCUT2D eigenvalue weighted by molar-refractivity contribution is -0.870. The first-order valence-corrected chi connectivity index (χ1v) is 34.5. The van der Waals surface area contributed by atoms with Crippen molar-refractivity contribution in [3.05, 3.63) is 97.2 Å². The van der Waals surface area contributed by atoms with Gasteiger partial charge in [-0.25, -0.2) is 0 Å². The van der Waals surface area contributed by atoms with Crippen molar-refractivity contribution in [2.75, 3.05) is 40.9 Å². The van der Waals surface area contributed by atoms with E-state index in [4.69, 9.17) is 13.8 Å². The van der Waals surface area contributed by atoms with Crippen molar-refractivity contribution in [2.24, 2.45) is 0 Å². The van der Waals surface area contributed by atoms with E-state index in [9.17, 15) is 19.0 Å². The maximum atomic E-state index is 13.5. The Morgan fingerprint density at radius 2 is 0.812 bits per heavy atom. The van der Waals surface area contributed by atoms with Crippen molar-refractivity contribution in [1.29, 1.82) is 0 Å². The number of amides is 1. The standard InChI is InChI=1S/C70H125N2O7P/c1-7-10-13-16-19-22-25-27-29-31-32-33-34-35-36-37-38-39-40-41-43-45-48-51-54-57-60-63-70(74)79-68(61-58-55-52-49-46-24-21-18-15-12-9-3)67(66-78-80(75,76)77-65-64-72(4,5)6)71-69(73)62-59-56-53-50-47-44-42-30-28-26-23-20-17-14-11-8-2/h11,14,19-20,22-23,27-30,44,47,53,56,58,61,67-68H,7-10,12-13,15-18,21,24-26,31-43,45-46,48-52,54-55,57,59-60,62-66H2,1-6H3,(H-,71,73,75,76)/b14-11+,22-19-,23-20+,29-27-,30-28+,47-44+,56-53+,61-58-. The molecule has 1 N–H and O–H groups in total. The molecule has 0 saturated carbocycles. The number of ether oxygens (including phenoxy) is 1. The number of phosphoric ester groups is 1. The van der Waals surface area contributed by atoms with Gasteiger partial charge in [-0.05, 0) is 96.0 Å². The number of likely N-dealkylation sites (N-methyl/N-ethyl adjacent to an activating group) is 1. The van der Waals surface area contributed by atoms with E-state index in [0.29, 0.717) is 17.4 Å². The average Bonchev–Trinajstić information content (AvgIpc) is 3.43. The lowest BCUT2D eigenvalue weighted by atomic mass is 10.0. The smallest absolute Gasteiger partial charge is 0.306 e. The van der Waals surface area contributed by atoms with Crippen molar-refractivity contribution in [2.45, 2.75) is 296 Å². The van der Waals surface area contributed by atoms with Crippen LogP contribution in [0, 0.1) is 0 Å². The van der Waals surface area contributed by atoms with Crippen molar-refractivity contribution in [1.82, 2.24) is 5.32 Å². The average molecular weight is 1140 g/mol. The van der Waals surface area contributed by atoms with Gasteiger partial charge in [0, 0.05) is 12.8 Å². The first-order chi connectivity index (χ1) is 38.9. The quantitative estimate of drug-likeness (QED) is 0.0212. The van der Waals surface area contributed by atoms with Gasteiger partial charge in [0.2, 0.25) is 5.91 Å². The summed E-state index contributed by atoms with van der Waals surface area (Å²) in [6.07, 6.45) is 79.9. The van der Waals surface area contributed by atoms with E-state index in [1.54, 1.807) is 0 Å². The number of phosphoric acid groups is 1. The monoisotopic (exact) mass is 1140 g/mol. The van der Waals surface area contributed by atoms with Crippen LogP contribution in [0.1, 0.15) is 284 Å². The Morgan fingerprint density at radius 1 is 0.450 bits per heavy atom. The number of hydrogen-bond donors (Lipinski definition) is 1. The Labute approximate surface area is 494 Å². The number of nitrogens with zero attached hydrogens (tertiary/aromatic N) is 1. The molecule has 3 atom stereocenters. The third kappa shape index (κ3) is 59.5. The van der Waals surface area contributed by atoms with Gasteiger partial charge in [-0.3, -0.25) is 14.2 Å². The molecule has 0 rings (SSSR count). The van der Waals surface area contributed by atoms with Crippen LogP contribution in [0.4, 0.5) is 0 Å². The molecule has 0 spiro atoms. The van der Waals surface area contributed by atoms with Crippen molar-refractivity contribution in [3.8, 4) is 0 Å². The van der Waals surface area contributed by atoms with E-state index in [2.05, 4.69) is 99.0 Å². The molecule has 0 radical (unpaired) electrons. The molecule has 0 aromatic heterocycles. The summed E-state index contributed by atoms with van der Waals surface area (Å²) in [6.45, 7) is 6.65. The molecule has 0 aromatic carbocycles. The Hall–Kier alpha value is -3.07. The second-order valence-corrected chi connectivity index (χ2v) is 24.6. The number of carbonyl (C=O) groups excluding carboxylic acids is 2. The molecule has 0 aliphatic heterocycles. The lowest BCUT2D eigenvalue weighted by Crippen LogP contribution is -2.47. The van der Waals surface area contributed by atoms with Crippen LogP contribution in [0.15, 0.2) is 97.2 Å². The molecule has 9 nitrogen and oxygen atoms in total. The minimum atomic E-state index is -4.72. The van der Waals surface area contributed by atoms with Gasteiger partial charge in [-0.2, -0.15) is 0 Å². The molecule has 0 saturated heterocycles. The Morgan fingerprint density at radius 3 is 1.25 bits per heavy atom. The van der Waals surface area contributed by atoms with Crippen molar-refractivity contribution < 1.29 is 37.3 Å². The molecular formula is C70H125N2O7P. The van der Waals surface area contributed by atoms with Crippen LogP contribution in [0.2, 0.25) is 0 Å². The fourth-order valence-corrected chi connectivity index (χ4v) is 9.91. The molecule has 0 heterocycles. The number of nitrogens with one attached hydrogen (secondary N) is 1. The number of esters is 1. The van der Waals surface area contributed by atoms with Gasteiger partial charge in [-0.15, -0.1) is 0 Å². The highest BCUT2D eigenvalue weighted by Crippen LogP contribution is 2.38. The summed E-state index contributed by atoms with van der Waals surface area (Å²) in [5.41, 5.74) is 0. The first kappa shape index (κ1) is 76.9. The van der Waals surface area contributed by atoms with E-state index < -0.39 is 26.6 Å². The molecule has 3 unspecified atom stereocenters. The molecular weight excluding hydrogens is 1010 g/mol. The maximum Gasteiger partial charge on any atom is 0.306 e. The first-order valence-electron chi connectivity index (χ1n) is 33.0. The van der Waals surface area contributed by atoms with Crippen LogP contribution >= 0.6 is 7.82 Å². The Balaban J connectivity index is 5.08. The summed E-state index contributed by atoms with van der Waals surface area (Å²) in [6, 6.07) is -0.931. The van der Waals surface area contributed by atoms with Gasteiger partial charge in [-0.1, -0.05) is 272 Å². The molecule has 1 amide bonds. The van der Waals surface area contributed by atoms with Crippen LogP contribution in [0.25, 0.3) is 0 Å². The summed E-state index contributed by atoms with van der Waals surface area (Å²) in [4.78, 5) is 40.0. The third-order valence-corrected chi connectivity index (χ3v) is 15.2. The number of hydrogen-bond acceptors (Lipinski definition) is 7. The van der Waals surface area contributed by atoms with Gasteiger partial charge in [0.15, 0.2) is 0 Å². The van der Waals surface area contributed by atoms with E-state index in [1.165, 1.54) is 167 Å². The Kier molecular flexibility index (Phi) is 56.8. The van der Waals surface area contributed by atoms with Crippen LogP contribution in [0.3, 0.4) is 0 Å². The van der Waals surface area contributed by atoms with Crippen LogP contribution < -0.4 is 10.2 Å². The zero-order valence-corrected chi connectivity index (χ0v) is 53.7. The van der Waals surface area contributed by atoms with Gasteiger partial charge in [0.25, 0.3) is 7.82 Å². The van der Waals surface area contributed by atoms with Crippen LogP contribution in [-0.4, -0.2) is 69.4 Å². The zero-order chi connectivity index (χ0) is 58.6. The molecule has 0 fully saturated rings. The molecule has 0 bridgehead atoms.